The molecule has 5 nitrogen and oxygen atoms in total. The standard InChI is InChI=1S/C19H21N3O2/c1-15(22(2)13-14-23-17-11-7-4-8-12-17)19-20-18(21-24-19)16-9-5-3-6-10-16/h3-12,15H,13-14H2,1-2H3. The average Bonchev–Trinajstić information content (AvgIpc) is 3.13. The van der Waals surface area contributed by atoms with Crippen molar-refractivity contribution in [3.8, 4) is 17.1 Å². The SMILES string of the molecule is CC(c1nc(-c2ccccc2)no1)N(C)CCOc1ccccc1. The van der Waals surface area contributed by atoms with Gasteiger partial charge in [-0.15, -0.1) is 0 Å². The zero-order valence-electron chi connectivity index (χ0n) is 13.9. The fraction of sp³-hybridized carbons (Fsp3) is 0.263. The van der Waals surface area contributed by atoms with Gasteiger partial charge in [-0.25, -0.2) is 0 Å². The maximum Gasteiger partial charge on any atom is 0.244 e. The molecule has 3 rings (SSSR count). The van der Waals surface area contributed by atoms with E-state index in [4.69, 9.17) is 9.26 Å². The molecule has 1 atom stereocenters. The Bertz CT molecular complexity index is 744. The van der Waals surface area contributed by atoms with Crippen LogP contribution in [-0.2, 0) is 0 Å². The van der Waals surface area contributed by atoms with Crippen LogP contribution >= 0.6 is 0 Å². The average molecular weight is 323 g/mol. The van der Waals surface area contributed by atoms with E-state index < -0.39 is 0 Å². The molecule has 0 aliphatic rings. The van der Waals surface area contributed by atoms with Crippen molar-refractivity contribution in [1.29, 1.82) is 0 Å². The van der Waals surface area contributed by atoms with Crippen LogP contribution in [0.15, 0.2) is 65.2 Å². The Morgan fingerprint density at radius 2 is 1.71 bits per heavy atom. The van der Waals surface area contributed by atoms with Crippen LogP contribution in [0.25, 0.3) is 11.4 Å². The molecule has 1 unspecified atom stereocenters. The highest BCUT2D eigenvalue weighted by molar-refractivity contribution is 5.53. The molecular weight excluding hydrogens is 302 g/mol. The monoisotopic (exact) mass is 323 g/mol. The summed E-state index contributed by atoms with van der Waals surface area (Å²) in [6, 6.07) is 19.7. The lowest BCUT2D eigenvalue weighted by Crippen LogP contribution is -2.27. The normalized spacial score (nSPS) is 12.3. The number of hydrogen-bond acceptors (Lipinski definition) is 5. The summed E-state index contributed by atoms with van der Waals surface area (Å²) in [5, 5.41) is 4.07. The van der Waals surface area contributed by atoms with Gasteiger partial charge in [0.2, 0.25) is 11.7 Å². The van der Waals surface area contributed by atoms with Gasteiger partial charge >= 0.3 is 0 Å². The van der Waals surface area contributed by atoms with Crippen molar-refractivity contribution in [3.05, 3.63) is 66.6 Å². The zero-order valence-corrected chi connectivity index (χ0v) is 13.9. The van der Waals surface area contributed by atoms with Gasteiger partial charge in [0, 0.05) is 12.1 Å². The first-order valence-corrected chi connectivity index (χ1v) is 8.01. The minimum Gasteiger partial charge on any atom is -0.492 e. The fourth-order valence-corrected chi connectivity index (χ4v) is 2.32. The summed E-state index contributed by atoms with van der Waals surface area (Å²) in [5.74, 6) is 2.10. The second-order valence-corrected chi connectivity index (χ2v) is 5.64. The minimum absolute atomic E-state index is 0.0225. The van der Waals surface area contributed by atoms with Crippen molar-refractivity contribution in [2.24, 2.45) is 0 Å². The zero-order chi connectivity index (χ0) is 16.8. The Labute approximate surface area is 141 Å². The lowest BCUT2D eigenvalue weighted by Gasteiger charge is -2.21. The van der Waals surface area contributed by atoms with Gasteiger partial charge in [0.05, 0.1) is 6.04 Å². The summed E-state index contributed by atoms with van der Waals surface area (Å²) < 4.78 is 11.2. The topological polar surface area (TPSA) is 51.4 Å². The van der Waals surface area contributed by atoms with Gasteiger partial charge in [0.1, 0.15) is 12.4 Å². The molecule has 24 heavy (non-hydrogen) atoms. The lowest BCUT2D eigenvalue weighted by atomic mass is 10.2. The van der Waals surface area contributed by atoms with Gasteiger partial charge in [-0.3, -0.25) is 4.90 Å². The highest BCUT2D eigenvalue weighted by Gasteiger charge is 2.19. The van der Waals surface area contributed by atoms with E-state index in [1.54, 1.807) is 0 Å². The molecule has 0 bridgehead atoms. The van der Waals surface area contributed by atoms with E-state index in [0.29, 0.717) is 18.3 Å². The molecule has 0 spiro atoms. The number of nitrogens with zero attached hydrogens (tertiary/aromatic N) is 3. The molecule has 2 aromatic carbocycles. The summed E-state index contributed by atoms with van der Waals surface area (Å²) in [6.45, 7) is 3.41. The molecule has 5 heteroatoms. The maximum atomic E-state index is 5.73. The van der Waals surface area contributed by atoms with Gasteiger partial charge in [-0.1, -0.05) is 53.7 Å². The van der Waals surface area contributed by atoms with Crippen LogP contribution in [0.3, 0.4) is 0 Å². The lowest BCUT2D eigenvalue weighted by molar-refractivity contribution is 0.174. The Morgan fingerprint density at radius 1 is 1.04 bits per heavy atom. The first-order chi connectivity index (χ1) is 11.7. The summed E-state index contributed by atoms with van der Waals surface area (Å²) in [4.78, 5) is 6.64. The Morgan fingerprint density at radius 3 is 2.42 bits per heavy atom. The molecular formula is C19H21N3O2. The van der Waals surface area contributed by atoms with E-state index in [0.717, 1.165) is 17.9 Å². The van der Waals surface area contributed by atoms with Crippen molar-refractivity contribution in [2.75, 3.05) is 20.2 Å². The van der Waals surface area contributed by atoms with E-state index in [2.05, 4.69) is 15.0 Å². The summed E-state index contributed by atoms with van der Waals surface area (Å²) >= 11 is 0. The minimum atomic E-state index is 0.0225. The predicted molar refractivity (Wildman–Crippen MR) is 92.7 cm³/mol. The van der Waals surface area contributed by atoms with Crippen LogP contribution in [-0.4, -0.2) is 35.2 Å². The smallest absolute Gasteiger partial charge is 0.244 e. The number of rotatable bonds is 7. The molecule has 0 aliphatic carbocycles. The summed E-state index contributed by atoms with van der Waals surface area (Å²) in [7, 11) is 2.02. The fourth-order valence-electron chi connectivity index (χ4n) is 2.32. The molecule has 0 aliphatic heterocycles. The van der Waals surface area contributed by atoms with Crippen molar-refractivity contribution in [2.45, 2.75) is 13.0 Å². The molecule has 0 saturated heterocycles. The van der Waals surface area contributed by atoms with E-state index in [9.17, 15) is 0 Å². The molecule has 0 saturated carbocycles. The maximum absolute atomic E-state index is 5.73. The highest BCUT2D eigenvalue weighted by Crippen LogP contribution is 2.21. The van der Waals surface area contributed by atoms with E-state index in [1.165, 1.54) is 0 Å². The third-order valence-corrected chi connectivity index (χ3v) is 3.95. The third kappa shape index (κ3) is 4.00. The van der Waals surface area contributed by atoms with E-state index in [-0.39, 0.29) is 6.04 Å². The van der Waals surface area contributed by atoms with Crippen LogP contribution in [0.2, 0.25) is 0 Å². The van der Waals surface area contributed by atoms with Crippen molar-refractivity contribution in [1.82, 2.24) is 15.0 Å². The Kier molecular flexibility index (Phi) is 5.23. The van der Waals surface area contributed by atoms with E-state index >= 15 is 0 Å². The van der Waals surface area contributed by atoms with Crippen molar-refractivity contribution >= 4 is 0 Å². The Hall–Kier alpha value is -2.66. The Balaban J connectivity index is 1.56. The van der Waals surface area contributed by atoms with Crippen LogP contribution in [0.4, 0.5) is 0 Å². The molecule has 124 valence electrons. The summed E-state index contributed by atoms with van der Waals surface area (Å²) in [6.07, 6.45) is 0. The van der Waals surface area contributed by atoms with Crippen molar-refractivity contribution in [3.63, 3.8) is 0 Å². The second-order valence-electron chi connectivity index (χ2n) is 5.64. The van der Waals surface area contributed by atoms with Crippen LogP contribution < -0.4 is 4.74 Å². The molecule has 3 aromatic rings. The number of para-hydroxylation sites is 1. The molecule has 0 amide bonds. The first-order valence-electron chi connectivity index (χ1n) is 8.01. The van der Waals surface area contributed by atoms with Gasteiger partial charge in [0.25, 0.3) is 0 Å². The molecule has 0 fully saturated rings. The molecule has 1 aromatic heterocycles. The molecule has 0 N–H and O–H groups in total. The van der Waals surface area contributed by atoms with Crippen LogP contribution in [0.1, 0.15) is 18.9 Å². The first kappa shape index (κ1) is 16.2. The van der Waals surface area contributed by atoms with Crippen LogP contribution in [0.5, 0.6) is 5.75 Å². The van der Waals surface area contributed by atoms with Crippen LogP contribution in [0, 0.1) is 0 Å². The number of likely N-dealkylation sites (N-methyl/N-ethyl adjacent to an activating group) is 1. The predicted octanol–water partition coefficient (Wildman–Crippen LogP) is 3.81. The molecule has 0 radical (unpaired) electrons. The van der Waals surface area contributed by atoms with Gasteiger partial charge < -0.3 is 9.26 Å². The largest absolute Gasteiger partial charge is 0.492 e. The molecule has 1 heterocycles. The van der Waals surface area contributed by atoms with Crippen molar-refractivity contribution < 1.29 is 9.26 Å². The number of benzene rings is 2. The summed E-state index contributed by atoms with van der Waals surface area (Å²) in [5.41, 5.74) is 0.953. The number of hydrogen-bond donors (Lipinski definition) is 0. The quantitative estimate of drug-likeness (QED) is 0.662. The van der Waals surface area contributed by atoms with E-state index in [1.807, 2.05) is 74.6 Å². The highest BCUT2D eigenvalue weighted by atomic mass is 16.5. The second kappa shape index (κ2) is 7.75. The van der Waals surface area contributed by atoms with Gasteiger partial charge in [0.15, 0.2) is 0 Å². The number of aromatic nitrogens is 2. The number of ether oxygens (including phenoxy) is 1. The van der Waals surface area contributed by atoms with Gasteiger partial charge in [-0.05, 0) is 26.1 Å². The van der Waals surface area contributed by atoms with Gasteiger partial charge in [-0.2, -0.15) is 4.98 Å². The third-order valence-electron chi connectivity index (χ3n) is 3.95.